The number of para-hydroxylation sites is 1. The van der Waals surface area contributed by atoms with E-state index in [1.54, 1.807) is 12.1 Å². The zero-order chi connectivity index (χ0) is 18.5. The van der Waals surface area contributed by atoms with Gasteiger partial charge in [-0.2, -0.15) is 0 Å². The molecule has 0 spiro atoms. The van der Waals surface area contributed by atoms with E-state index in [0.717, 1.165) is 17.7 Å². The summed E-state index contributed by atoms with van der Waals surface area (Å²) in [6.45, 7) is 2.01. The lowest BCUT2D eigenvalue weighted by Crippen LogP contribution is -2.06. The molecule has 132 valence electrons. The molecule has 0 saturated carbocycles. The highest BCUT2D eigenvalue weighted by atomic mass is 35.5. The SMILES string of the molecule is CCc1ccccc1Nc1ncnc(Nc2ccc(Cl)cn2)c1[N+](=O)[O-]. The number of anilines is 4. The standard InChI is InChI=1S/C17H15ClN6O2/c1-2-11-5-3-4-6-13(11)22-16-15(24(25)26)17(21-10-20-16)23-14-8-7-12(18)9-19-14/h3-10H,2H2,1H3,(H2,19,20,21,22,23). The molecule has 0 atom stereocenters. The summed E-state index contributed by atoms with van der Waals surface area (Å²) in [7, 11) is 0. The summed E-state index contributed by atoms with van der Waals surface area (Å²) in [4.78, 5) is 23.2. The predicted molar refractivity (Wildman–Crippen MR) is 100 cm³/mol. The smallest absolute Gasteiger partial charge is 0.334 e. The lowest BCUT2D eigenvalue weighted by Gasteiger charge is -2.12. The molecule has 2 heterocycles. The molecule has 0 radical (unpaired) electrons. The Hall–Kier alpha value is -3.26. The second-order valence-electron chi connectivity index (χ2n) is 5.30. The highest BCUT2D eigenvalue weighted by molar-refractivity contribution is 6.30. The molecule has 2 aromatic heterocycles. The average Bonchev–Trinajstić information content (AvgIpc) is 2.64. The molecule has 3 rings (SSSR count). The summed E-state index contributed by atoms with van der Waals surface area (Å²) in [5.41, 5.74) is 1.51. The minimum atomic E-state index is -0.533. The van der Waals surface area contributed by atoms with Crippen LogP contribution in [0.3, 0.4) is 0 Å². The average molecular weight is 371 g/mol. The number of nitrogens with zero attached hydrogens (tertiary/aromatic N) is 4. The van der Waals surface area contributed by atoms with Crippen LogP contribution in [0.25, 0.3) is 0 Å². The van der Waals surface area contributed by atoms with Gasteiger partial charge >= 0.3 is 5.69 Å². The molecule has 0 saturated heterocycles. The molecule has 0 aliphatic heterocycles. The molecule has 8 nitrogen and oxygen atoms in total. The van der Waals surface area contributed by atoms with Crippen molar-refractivity contribution in [2.24, 2.45) is 0 Å². The lowest BCUT2D eigenvalue weighted by atomic mass is 10.1. The van der Waals surface area contributed by atoms with Crippen molar-refractivity contribution in [1.29, 1.82) is 0 Å². The van der Waals surface area contributed by atoms with Crippen molar-refractivity contribution in [2.75, 3.05) is 10.6 Å². The summed E-state index contributed by atoms with van der Waals surface area (Å²) in [6, 6.07) is 10.8. The maximum Gasteiger partial charge on any atom is 0.353 e. The number of aromatic nitrogens is 3. The maximum absolute atomic E-state index is 11.6. The number of hydrogen-bond acceptors (Lipinski definition) is 7. The van der Waals surface area contributed by atoms with Gasteiger partial charge in [0.25, 0.3) is 0 Å². The summed E-state index contributed by atoms with van der Waals surface area (Å²) >= 11 is 5.81. The minimum absolute atomic E-state index is 0.0382. The quantitative estimate of drug-likeness (QED) is 0.486. The van der Waals surface area contributed by atoms with Gasteiger partial charge in [0.15, 0.2) is 0 Å². The van der Waals surface area contributed by atoms with Crippen LogP contribution >= 0.6 is 11.6 Å². The van der Waals surface area contributed by atoms with Crippen LogP contribution in [-0.4, -0.2) is 19.9 Å². The van der Waals surface area contributed by atoms with Gasteiger partial charge in [-0.25, -0.2) is 15.0 Å². The first-order chi connectivity index (χ1) is 12.6. The van der Waals surface area contributed by atoms with Crippen molar-refractivity contribution >= 4 is 40.4 Å². The molecular formula is C17H15ClN6O2. The van der Waals surface area contributed by atoms with E-state index in [0.29, 0.717) is 10.8 Å². The van der Waals surface area contributed by atoms with Crippen LogP contribution in [0.15, 0.2) is 48.9 Å². The van der Waals surface area contributed by atoms with Gasteiger partial charge in [0.2, 0.25) is 11.6 Å². The van der Waals surface area contributed by atoms with Crippen molar-refractivity contribution < 1.29 is 4.92 Å². The zero-order valence-electron chi connectivity index (χ0n) is 13.8. The van der Waals surface area contributed by atoms with Crippen LogP contribution in [-0.2, 0) is 6.42 Å². The molecule has 0 bridgehead atoms. The molecule has 0 amide bonds. The van der Waals surface area contributed by atoms with Gasteiger partial charge in [-0.1, -0.05) is 36.7 Å². The molecule has 0 aliphatic carbocycles. The fourth-order valence-electron chi connectivity index (χ4n) is 2.38. The lowest BCUT2D eigenvalue weighted by molar-refractivity contribution is -0.383. The molecule has 0 aliphatic rings. The number of benzene rings is 1. The van der Waals surface area contributed by atoms with Crippen LogP contribution < -0.4 is 10.6 Å². The number of halogens is 1. The number of aryl methyl sites for hydroxylation is 1. The Morgan fingerprint density at radius 3 is 2.46 bits per heavy atom. The van der Waals surface area contributed by atoms with Crippen molar-refractivity contribution in [3.8, 4) is 0 Å². The number of rotatable bonds is 6. The van der Waals surface area contributed by atoms with Gasteiger partial charge in [0.1, 0.15) is 12.1 Å². The first-order valence-electron chi connectivity index (χ1n) is 7.81. The van der Waals surface area contributed by atoms with Gasteiger partial charge in [-0.15, -0.1) is 0 Å². The Morgan fingerprint density at radius 2 is 1.81 bits per heavy atom. The Labute approximate surface area is 154 Å². The van der Waals surface area contributed by atoms with Gasteiger partial charge < -0.3 is 10.6 Å². The van der Waals surface area contributed by atoms with Crippen molar-refractivity contribution in [3.63, 3.8) is 0 Å². The number of nitrogens with one attached hydrogen (secondary N) is 2. The monoisotopic (exact) mass is 370 g/mol. The highest BCUT2D eigenvalue weighted by Gasteiger charge is 2.24. The Kier molecular flexibility index (Phi) is 5.23. The maximum atomic E-state index is 11.6. The Bertz CT molecular complexity index is 933. The van der Waals surface area contributed by atoms with E-state index in [9.17, 15) is 10.1 Å². The van der Waals surface area contributed by atoms with Crippen molar-refractivity contribution in [2.45, 2.75) is 13.3 Å². The zero-order valence-corrected chi connectivity index (χ0v) is 14.6. The van der Waals surface area contributed by atoms with E-state index in [4.69, 9.17) is 11.6 Å². The van der Waals surface area contributed by atoms with Crippen LogP contribution in [0, 0.1) is 10.1 Å². The van der Waals surface area contributed by atoms with Crippen molar-refractivity contribution in [1.82, 2.24) is 15.0 Å². The highest BCUT2D eigenvalue weighted by Crippen LogP contribution is 2.33. The Morgan fingerprint density at radius 1 is 1.08 bits per heavy atom. The van der Waals surface area contributed by atoms with Gasteiger partial charge in [0.05, 0.1) is 9.95 Å². The first-order valence-corrected chi connectivity index (χ1v) is 8.19. The van der Waals surface area contributed by atoms with E-state index in [1.165, 1.54) is 12.5 Å². The van der Waals surface area contributed by atoms with E-state index < -0.39 is 4.92 Å². The van der Waals surface area contributed by atoms with Crippen LogP contribution in [0.5, 0.6) is 0 Å². The summed E-state index contributed by atoms with van der Waals surface area (Å²) in [6.07, 6.45) is 3.47. The van der Waals surface area contributed by atoms with Crippen LogP contribution in [0.4, 0.5) is 28.8 Å². The topological polar surface area (TPSA) is 106 Å². The normalized spacial score (nSPS) is 10.4. The molecule has 3 aromatic rings. The molecule has 26 heavy (non-hydrogen) atoms. The van der Waals surface area contributed by atoms with E-state index in [1.807, 2.05) is 31.2 Å². The number of hydrogen-bond donors (Lipinski definition) is 2. The van der Waals surface area contributed by atoms with Crippen molar-refractivity contribution in [3.05, 3.63) is 69.6 Å². The van der Waals surface area contributed by atoms with Gasteiger partial charge in [-0.05, 0) is 30.2 Å². The molecule has 0 fully saturated rings. The van der Waals surface area contributed by atoms with Crippen LogP contribution in [0.2, 0.25) is 5.02 Å². The molecule has 9 heteroatoms. The Balaban J connectivity index is 1.98. The number of pyridine rings is 1. The second-order valence-corrected chi connectivity index (χ2v) is 5.74. The third-order valence-corrected chi connectivity index (χ3v) is 3.85. The third kappa shape index (κ3) is 3.86. The fourth-order valence-corrected chi connectivity index (χ4v) is 2.50. The summed E-state index contributed by atoms with van der Waals surface area (Å²) in [5, 5.41) is 18.0. The summed E-state index contributed by atoms with van der Waals surface area (Å²) in [5.74, 6) is 0.523. The van der Waals surface area contributed by atoms with Gasteiger partial charge in [0, 0.05) is 11.9 Å². The van der Waals surface area contributed by atoms with Crippen LogP contribution in [0.1, 0.15) is 12.5 Å². The predicted octanol–water partition coefficient (Wildman–Crippen LogP) is 4.48. The minimum Gasteiger partial charge on any atom is -0.334 e. The molecule has 0 unspecified atom stereocenters. The largest absolute Gasteiger partial charge is 0.353 e. The second kappa shape index (κ2) is 7.75. The molecule has 2 N–H and O–H groups in total. The molecular weight excluding hydrogens is 356 g/mol. The first kappa shape index (κ1) is 17.6. The third-order valence-electron chi connectivity index (χ3n) is 3.63. The number of nitro groups is 1. The van der Waals surface area contributed by atoms with E-state index in [-0.39, 0.29) is 17.3 Å². The summed E-state index contributed by atoms with van der Waals surface area (Å²) < 4.78 is 0. The fraction of sp³-hybridized carbons (Fsp3) is 0.118. The molecule has 1 aromatic carbocycles. The van der Waals surface area contributed by atoms with Gasteiger partial charge in [-0.3, -0.25) is 10.1 Å². The van der Waals surface area contributed by atoms with E-state index in [2.05, 4.69) is 25.6 Å². The van der Waals surface area contributed by atoms with E-state index >= 15 is 0 Å².